The minimum atomic E-state index is 0.470. The molecule has 0 radical (unpaired) electrons. The second kappa shape index (κ2) is 2.90. The van der Waals surface area contributed by atoms with Gasteiger partial charge in [0, 0.05) is 5.56 Å². The molecule has 0 fully saturated rings. The van der Waals surface area contributed by atoms with Crippen LogP contribution in [0.5, 0.6) is 0 Å². The molecule has 1 aromatic heterocycles. The minimum Gasteiger partial charge on any atom is -0.425 e. The van der Waals surface area contributed by atoms with Crippen molar-refractivity contribution in [3.8, 4) is 11.4 Å². The van der Waals surface area contributed by atoms with Crippen LogP contribution in [0.3, 0.4) is 0 Å². The second-order valence-electron chi connectivity index (χ2n) is 2.75. The van der Waals surface area contributed by atoms with Crippen molar-refractivity contribution >= 4 is 0 Å². The first-order valence-electron chi connectivity index (χ1n) is 3.96. The molecule has 0 bridgehead atoms. The quantitative estimate of drug-likeness (QED) is 0.668. The lowest BCUT2D eigenvalue weighted by atomic mass is 10.2. The summed E-state index contributed by atoms with van der Waals surface area (Å²) < 4.78 is 0.981. The summed E-state index contributed by atoms with van der Waals surface area (Å²) in [5.41, 5.74) is 0.852. The maximum Gasteiger partial charge on any atom is 0.199 e. The first kappa shape index (κ1) is 7.79. The maximum atomic E-state index is 9.48. The maximum absolute atomic E-state index is 9.48. The van der Waals surface area contributed by atoms with Crippen LogP contribution in [-0.4, -0.2) is 20.1 Å². The molecule has 0 spiro atoms. The summed E-state index contributed by atoms with van der Waals surface area (Å²) in [5, 5.41) is 17.1. The van der Waals surface area contributed by atoms with Crippen LogP contribution in [0.2, 0.25) is 0 Å². The molecular formula is C9H9N3O. The van der Waals surface area contributed by atoms with E-state index in [1.54, 1.807) is 6.92 Å². The number of hydrogen-bond acceptors (Lipinski definition) is 3. The summed E-state index contributed by atoms with van der Waals surface area (Å²) in [6, 6.07) is 9.43. The van der Waals surface area contributed by atoms with Gasteiger partial charge >= 0.3 is 0 Å². The highest BCUT2D eigenvalue weighted by molar-refractivity contribution is 5.54. The number of aryl methyl sites for hydroxylation is 1. The minimum absolute atomic E-state index is 0.470. The van der Waals surface area contributed by atoms with Gasteiger partial charge in [-0.1, -0.05) is 30.3 Å². The van der Waals surface area contributed by atoms with E-state index in [-0.39, 0.29) is 0 Å². The van der Waals surface area contributed by atoms with Crippen LogP contribution in [0.15, 0.2) is 30.3 Å². The third-order valence-electron chi connectivity index (χ3n) is 1.83. The number of aromatic nitrogens is 3. The van der Waals surface area contributed by atoms with Crippen LogP contribution < -0.4 is 0 Å². The van der Waals surface area contributed by atoms with E-state index in [4.69, 9.17) is 0 Å². The van der Waals surface area contributed by atoms with Crippen LogP contribution >= 0.6 is 0 Å². The van der Waals surface area contributed by atoms with Gasteiger partial charge in [-0.25, -0.2) is 0 Å². The third-order valence-corrected chi connectivity index (χ3v) is 1.83. The average Bonchev–Trinajstić information content (AvgIpc) is 2.49. The van der Waals surface area contributed by atoms with Crippen molar-refractivity contribution in [1.82, 2.24) is 14.9 Å². The smallest absolute Gasteiger partial charge is 0.199 e. The number of benzene rings is 1. The van der Waals surface area contributed by atoms with E-state index in [9.17, 15) is 5.21 Å². The Morgan fingerprint density at radius 1 is 1.15 bits per heavy atom. The molecule has 1 aromatic carbocycles. The first-order chi connectivity index (χ1) is 6.29. The van der Waals surface area contributed by atoms with Gasteiger partial charge in [0.1, 0.15) is 0 Å². The first-order valence-corrected chi connectivity index (χ1v) is 3.96. The lowest BCUT2D eigenvalue weighted by Crippen LogP contribution is -1.96. The van der Waals surface area contributed by atoms with Gasteiger partial charge < -0.3 is 5.21 Å². The lowest BCUT2D eigenvalue weighted by Gasteiger charge is -1.98. The summed E-state index contributed by atoms with van der Waals surface area (Å²) in [4.78, 5) is 0. The van der Waals surface area contributed by atoms with Gasteiger partial charge in [-0.3, -0.25) is 0 Å². The van der Waals surface area contributed by atoms with Gasteiger partial charge in [0.2, 0.25) is 0 Å². The van der Waals surface area contributed by atoms with E-state index >= 15 is 0 Å². The molecule has 0 saturated carbocycles. The molecule has 0 saturated heterocycles. The molecule has 4 heteroatoms. The van der Waals surface area contributed by atoms with Gasteiger partial charge in [-0.15, -0.1) is 10.2 Å². The Balaban J connectivity index is 2.53. The molecule has 66 valence electrons. The molecular weight excluding hydrogens is 166 g/mol. The highest BCUT2D eigenvalue weighted by Gasteiger charge is 2.08. The highest BCUT2D eigenvalue weighted by Crippen LogP contribution is 2.15. The zero-order valence-corrected chi connectivity index (χ0v) is 7.18. The zero-order chi connectivity index (χ0) is 9.26. The summed E-state index contributed by atoms with van der Waals surface area (Å²) >= 11 is 0. The van der Waals surface area contributed by atoms with Gasteiger partial charge in [-0.05, 0) is 6.92 Å². The van der Waals surface area contributed by atoms with Crippen molar-refractivity contribution in [3.05, 3.63) is 36.2 Å². The predicted octanol–water partition coefficient (Wildman–Crippen LogP) is 1.49. The lowest BCUT2D eigenvalue weighted by molar-refractivity contribution is 0.183. The van der Waals surface area contributed by atoms with Crippen molar-refractivity contribution in [1.29, 1.82) is 0 Å². The molecule has 0 aliphatic rings. The van der Waals surface area contributed by atoms with E-state index in [2.05, 4.69) is 10.2 Å². The highest BCUT2D eigenvalue weighted by atomic mass is 16.5. The Morgan fingerprint density at radius 3 is 2.38 bits per heavy atom. The molecule has 0 aliphatic carbocycles. The summed E-state index contributed by atoms with van der Waals surface area (Å²) in [7, 11) is 0. The Morgan fingerprint density at radius 2 is 1.85 bits per heavy atom. The largest absolute Gasteiger partial charge is 0.425 e. The Hall–Kier alpha value is -1.84. The number of rotatable bonds is 1. The van der Waals surface area contributed by atoms with E-state index < -0.39 is 0 Å². The monoisotopic (exact) mass is 175 g/mol. The van der Waals surface area contributed by atoms with Crippen LogP contribution in [0.1, 0.15) is 5.82 Å². The summed E-state index contributed by atoms with van der Waals surface area (Å²) in [6.07, 6.45) is 0. The molecule has 1 heterocycles. The zero-order valence-electron chi connectivity index (χ0n) is 7.18. The van der Waals surface area contributed by atoms with Crippen molar-refractivity contribution in [2.24, 2.45) is 0 Å². The van der Waals surface area contributed by atoms with E-state index in [0.717, 1.165) is 10.3 Å². The molecule has 0 amide bonds. The fourth-order valence-electron chi connectivity index (χ4n) is 1.12. The molecule has 13 heavy (non-hydrogen) atoms. The Labute approximate surface area is 75.4 Å². The normalized spacial score (nSPS) is 10.2. The van der Waals surface area contributed by atoms with Gasteiger partial charge in [-0.2, -0.15) is 4.73 Å². The Kier molecular flexibility index (Phi) is 1.73. The fraction of sp³-hybridized carbons (Fsp3) is 0.111. The molecule has 0 atom stereocenters. The van der Waals surface area contributed by atoms with Crippen LogP contribution in [-0.2, 0) is 0 Å². The standard InChI is InChI=1S/C9H9N3O/c1-7-10-11-9(12(7)13)8-5-3-2-4-6-8/h2-6,13H,1H3. The molecule has 4 nitrogen and oxygen atoms in total. The van der Waals surface area contributed by atoms with Crippen molar-refractivity contribution in [2.75, 3.05) is 0 Å². The van der Waals surface area contributed by atoms with Crippen molar-refractivity contribution in [3.63, 3.8) is 0 Å². The summed E-state index contributed by atoms with van der Waals surface area (Å²) in [6.45, 7) is 1.69. The molecule has 2 rings (SSSR count). The average molecular weight is 175 g/mol. The molecule has 0 unspecified atom stereocenters. The molecule has 1 N–H and O–H groups in total. The molecule has 0 aliphatic heterocycles. The van der Waals surface area contributed by atoms with Crippen LogP contribution in [0, 0.1) is 6.92 Å². The van der Waals surface area contributed by atoms with Crippen molar-refractivity contribution in [2.45, 2.75) is 6.92 Å². The van der Waals surface area contributed by atoms with Crippen LogP contribution in [0.4, 0.5) is 0 Å². The van der Waals surface area contributed by atoms with Crippen LogP contribution in [0.25, 0.3) is 11.4 Å². The molecule has 2 aromatic rings. The van der Waals surface area contributed by atoms with Gasteiger partial charge in [0.15, 0.2) is 11.6 Å². The topological polar surface area (TPSA) is 50.9 Å². The van der Waals surface area contributed by atoms with Gasteiger partial charge in [0.25, 0.3) is 0 Å². The predicted molar refractivity (Wildman–Crippen MR) is 47.4 cm³/mol. The fourth-order valence-corrected chi connectivity index (χ4v) is 1.12. The Bertz CT molecular complexity index is 408. The number of nitrogens with zero attached hydrogens (tertiary/aromatic N) is 3. The third kappa shape index (κ3) is 1.26. The van der Waals surface area contributed by atoms with Crippen molar-refractivity contribution < 1.29 is 5.21 Å². The van der Waals surface area contributed by atoms with E-state index in [1.807, 2.05) is 30.3 Å². The SMILES string of the molecule is Cc1nnc(-c2ccccc2)n1O. The summed E-state index contributed by atoms with van der Waals surface area (Å²) in [5.74, 6) is 0.956. The van der Waals surface area contributed by atoms with E-state index in [0.29, 0.717) is 11.6 Å². The van der Waals surface area contributed by atoms with Gasteiger partial charge in [0.05, 0.1) is 0 Å². The second-order valence-corrected chi connectivity index (χ2v) is 2.75. The number of hydrogen-bond donors (Lipinski definition) is 1. The van der Waals surface area contributed by atoms with E-state index in [1.165, 1.54) is 0 Å².